The Bertz CT molecular complexity index is 544. The lowest BCUT2D eigenvalue weighted by atomic mass is 10.0. The lowest BCUT2D eigenvalue weighted by Crippen LogP contribution is -2.37. The van der Waals surface area contributed by atoms with Crippen molar-refractivity contribution in [2.45, 2.75) is 50.5 Å². The summed E-state index contributed by atoms with van der Waals surface area (Å²) in [5.41, 5.74) is -0.0168. The van der Waals surface area contributed by atoms with E-state index in [0.717, 1.165) is 38.5 Å². The van der Waals surface area contributed by atoms with Crippen LogP contribution in [0.2, 0.25) is 0 Å². The van der Waals surface area contributed by atoms with E-state index in [9.17, 15) is 13.6 Å². The molecular weight excluding hydrogens is 298 g/mol. The molecule has 0 unspecified atom stereocenters. The third-order valence-corrected chi connectivity index (χ3v) is 4.90. The van der Waals surface area contributed by atoms with Crippen molar-refractivity contribution in [2.24, 2.45) is 0 Å². The molecule has 1 N–H and O–H groups in total. The standard InChI is InChI=1S/C18H24F2N2O/c19-15-11-14(12-16(20)13-15)18(6-7-18)21-17(23)5-10-22-8-3-1-2-4-9-22/h11-13H,1-10H2,(H,21,23). The highest BCUT2D eigenvalue weighted by Crippen LogP contribution is 2.45. The number of rotatable bonds is 5. The van der Waals surface area contributed by atoms with Crippen molar-refractivity contribution < 1.29 is 13.6 Å². The molecule has 1 aliphatic heterocycles. The second kappa shape index (κ2) is 6.95. The predicted octanol–water partition coefficient (Wildman–Crippen LogP) is 3.34. The van der Waals surface area contributed by atoms with Crippen molar-refractivity contribution in [3.05, 3.63) is 35.4 Å². The molecule has 0 bridgehead atoms. The molecule has 3 rings (SSSR count). The molecule has 23 heavy (non-hydrogen) atoms. The molecule has 0 atom stereocenters. The lowest BCUT2D eigenvalue weighted by Gasteiger charge is -2.22. The van der Waals surface area contributed by atoms with Crippen LogP contribution in [0, 0.1) is 11.6 Å². The number of carbonyl (C=O) groups excluding carboxylic acids is 1. The Balaban J connectivity index is 1.54. The van der Waals surface area contributed by atoms with Crippen LogP contribution in [0.15, 0.2) is 18.2 Å². The zero-order chi connectivity index (χ0) is 16.3. The van der Waals surface area contributed by atoms with Gasteiger partial charge >= 0.3 is 0 Å². The molecule has 126 valence electrons. The van der Waals surface area contributed by atoms with E-state index in [1.807, 2.05) is 0 Å². The average molecular weight is 322 g/mol. The minimum atomic E-state index is -0.593. The Kier molecular flexibility index (Phi) is 4.95. The average Bonchev–Trinajstić information content (AvgIpc) is 3.29. The summed E-state index contributed by atoms with van der Waals surface area (Å²) in [6.45, 7) is 2.89. The van der Waals surface area contributed by atoms with Crippen LogP contribution in [0.25, 0.3) is 0 Å². The summed E-state index contributed by atoms with van der Waals surface area (Å²) < 4.78 is 26.8. The van der Waals surface area contributed by atoms with E-state index in [1.165, 1.54) is 37.8 Å². The monoisotopic (exact) mass is 322 g/mol. The Morgan fingerprint density at radius 3 is 2.22 bits per heavy atom. The van der Waals surface area contributed by atoms with Gasteiger partial charge in [-0.15, -0.1) is 0 Å². The molecule has 0 spiro atoms. The van der Waals surface area contributed by atoms with Gasteiger partial charge in [0, 0.05) is 19.0 Å². The first-order valence-corrected chi connectivity index (χ1v) is 8.57. The van der Waals surface area contributed by atoms with Crippen LogP contribution in [0.3, 0.4) is 0 Å². The molecule has 1 saturated heterocycles. The number of amides is 1. The molecule has 1 aromatic carbocycles. The number of hydrogen-bond donors (Lipinski definition) is 1. The highest BCUT2D eigenvalue weighted by molar-refractivity contribution is 5.77. The van der Waals surface area contributed by atoms with Crippen LogP contribution in [0.4, 0.5) is 8.78 Å². The van der Waals surface area contributed by atoms with E-state index in [1.54, 1.807) is 0 Å². The van der Waals surface area contributed by atoms with Gasteiger partial charge in [0.1, 0.15) is 11.6 Å². The van der Waals surface area contributed by atoms with Gasteiger partial charge in [-0.3, -0.25) is 4.79 Å². The molecular formula is C18H24F2N2O. The molecule has 5 heteroatoms. The Hall–Kier alpha value is -1.49. The fraction of sp³-hybridized carbons (Fsp3) is 0.611. The number of benzene rings is 1. The summed E-state index contributed by atoms with van der Waals surface area (Å²) in [4.78, 5) is 14.6. The van der Waals surface area contributed by atoms with Gasteiger partial charge in [-0.05, 0) is 56.5 Å². The molecule has 2 fully saturated rings. The van der Waals surface area contributed by atoms with Crippen LogP contribution in [0.1, 0.15) is 50.5 Å². The first kappa shape index (κ1) is 16.4. The van der Waals surface area contributed by atoms with Gasteiger partial charge in [-0.1, -0.05) is 12.8 Å². The van der Waals surface area contributed by atoms with Crippen molar-refractivity contribution in [1.82, 2.24) is 10.2 Å². The van der Waals surface area contributed by atoms with Crippen LogP contribution in [-0.2, 0) is 10.3 Å². The molecule has 1 aliphatic carbocycles. The van der Waals surface area contributed by atoms with Crippen LogP contribution < -0.4 is 5.32 Å². The minimum Gasteiger partial charge on any atom is -0.347 e. The quantitative estimate of drug-likeness (QED) is 0.902. The van der Waals surface area contributed by atoms with Gasteiger partial charge in [0.15, 0.2) is 0 Å². The van der Waals surface area contributed by atoms with Crippen LogP contribution in [-0.4, -0.2) is 30.4 Å². The van der Waals surface area contributed by atoms with Crippen LogP contribution in [0.5, 0.6) is 0 Å². The summed E-state index contributed by atoms with van der Waals surface area (Å²) in [6.07, 6.45) is 6.88. The number of nitrogens with zero attached hydrogens (tertiary/aromatic N) is 1. The summed E-state index contributed by atoms with van der Waals surface area (Å²) >= 11 is 0. The van der Waals surface area contributed by atoms with Gasteiger partial charge in [-0.2, -0.15) is 0 Å². The Morgan fingerprint density at radius 1 is 1.04 bits per heavy atom. The van der Waals surface area contributed by atoms with E-state index in [2.05, 4.69) is 10.2 Å². The maximum Gasteiger partial charge on any atom is 0.221 e. The summed E-state index contributed by atoms with van der Waals surface area (Å²) in [5, 5.41) is 2.99. The van der Waals surface area contributed by atoms with E-state index in [0.29, 0.717) is 12.0 Å². The van der Waals surface area contributed by atoms with Crippen LogP contribution >= 0.6 is 0 Å². The zero-order valence-corrected chi connectivity index (χ0v) is 13.4. The number of hydrogen-bond acceptors (Lipinski definition) is 2. The first-order chi connectivity index (χ1) is 11.1. The normalized spacial score (nSPS) is 20.8. The highest BCUT2D eigenvalue weighted by atomic mass is 19.1. The number of halogens is 2. The highest BCUT2D eigenvalue weighted by Gasteiger charge is 2.46. The molecule has 1 saturated carbocycles. The van der Waals surface area contributed by atoms with Crippen molar-refractivity contribution in [3.8, 4) is 0 Å². The van der Waals surface area contributed by atoms with Crippen molar-refractivity contribution in [3.63, 3.8) is 0 Å². The Morgan fingerprint density at radius 2 is 1.65 bits per heavy atom. The molecule has 0 aromatic heterocycles. The van der Waals surface area contributed by atoms with Crippen molar-refractivity contribution in [2.75, 3.05) is 19.6 Å². The topological polar surface area (TPSA) is 32.3 Å². The molecule has 1 aromatic rings. The van der Waals surface area contributed by atoms with E-state index < -0.39 is 17.2 Å². The number of likely N-dealkylation sites (tertiary alicyclic amines) is 1. The van der Waals surface area contributed by atoms with E-state index >= 15 is 0 Å². The second-order valence-corrected chi connectivity index (χ2v) is 6.79. The molecule has 2 aliphatic rings. The maximum atomic E-state index is 13.4. The largest absolute Gasteiger partial charge is 0.347 e. The predicted molar refractivity (Wildman–Crippen MR) is 84.9 cm³/mol. The summed E-state index contributed by atoms with van der Waals surface area (Å²) in [6, 6.07) is 3.51. The summed E-state index contributed by atoms with van der Waals surface area (Å²) in [7, 11) is 0. The lowest BCUT2D eigenvalue weighted by molar-refractivity contribution is -0.122. The van der Waals surface area contributed by atoms with Gasteiger partial charge in [0.25, 0.3) is 0 Å². The summed E-state index contributed by atoms with van der Waals surface area (Å²) in [5.74, 6) is -1.22. The Labute approximate surface area is 136 Å². The number of carbonyl (C=O) groups is 1. The molecule has 1 amide bonds. The smallest absolute Gasteiger partial charge is 0.221 e. The minimum absolute atomic E-state index is 0.0311. The molecule has 3 nitrogen and oxygen atoms in total. The zero-order valence-electron chi connectivity index (χ0n) is 13.4. The second-order valence-electron chi connectivity index (χ2n) is 6.79. The van der Waals surface area contributed by atoms with Gasteiger partial charge in [-0.25, -0.2) is 8.78 Å². The van der Waals surface area contributed by atoms with Crippen molar-refractivity contribution >= 4 is 5.91 Å². The fourth-order valence-corrected chi connectivity index (χ4v) is 3.39. The third-order valence-electron chi connectivity index (χ3n) is 4.90. The van der Waals surface area contributed by atoms with E-state index in [-0.39, 0.29) is 5.91 Å². The van der Waals surface area contributed by atoms with Gasteiger partial charge in [0.2, 0.25) is 5.91 Å². The maximum absolute atomic E-state index is 13.4. The third kappa shape index (κ3) is 4.28. The van der Waals surface area contributed by atoms with Gasteiger partial charge < -0.3 is 10.2 Å². The molecule has 1 heterocycles. The van der Waals surface area contributed by atoms with Crippen molar-refractivity contribution in [1.29, 1.82) is 0 Å². The van der Waals surface area contributed by atoms with Gasteiger partial charge in [0.05, 0.1) is 5.54 Å². The fourth-order valence-electron chi connectivity index (χ4n) is 3.39. The van der Waals surface area contributed by atoms with E-state index in [4.69, 9.17) is 0 Å². The first-order valence-electron chi connectivity index (χ1n) is 8.57. The number of nitrogens with one attached hydrogen (secondary N) is 1. The molecule has 0 radical (unpaired) electrons. The SMILES string of the molecule is O=C(CCN1CCCCCC1)NC1(c2cc(F)cc(F)c2)CC1.